The van der Waals surface area contributed by atoms with E-state index in [1.807, 2.05) is 12.1 Å². The van der Waals surface area contributed by atoms with E-state index in [-0.39, 0.29) is 30.1 Å². The maximum Gasteiger partial charge on any atom is 0.244 e. The molecule has 4 N–H and O–H groups in total. The van der Waals surface area contributed by atoms with E-state index < -0.39 is 11.1 Å². The zero-order valence-corrected chi connectivity index (χ0v) is 20.3. The molecule has 5 saturated carbocycles. The van der Waals surface area contributed by atoms with Crippen LogP contribution in [0.3, 0.4) is 0 Å². The molecule has 3 unspecified atom stereocenters. The third-order valence-electron chi connectivity index (χ3n) is 8.92. The summed E-state index contributed by atoms with van der Waals surface area (Å²) in [4.78, 5) is 27.7. The summed E-state index contributed by atoms with van der Waals surface area (Å²) in [6.45, 7) is 0.814. The summed E-state index contributed by atoms with van der Waals surface area (Å²) in [6, 6.07) is 5.84. The average molecular weight is 494 g/mol. The zero-order chi connectivity index (χ0) is 22.3. The van der Waals surface area contributed by atoms with E-state index in [4.69, 9.17) is 17.3 Å². The van der Waals surface area contributed by atoms with Gasteiger partial charge in [0.1, 0.15) is 0 Å². The minimum Gasteiger partial charge on any atom is -0.390 e. The number of hydrogen-bond acceptors (Lipinski definition) is 4. The summed E-state index contributed by atoms with van der Waals surface area (Å²) in [5, 5.41) is 14.3. The fraction of sp³-hybridized carbons (Fsp3) is 0.680. The van der Waals surface area contributed by atoms with Crippen molar-refractivity contribution in [2.24, 2.45) is 29.4 Å². The molecule has 2 amide bonds. The van der Waals surface area contributed by atoms with Crippen molar-refractivity contribution in [3.8, 4) is 0 Å². The maximum absolute atomic E-state index is 13.4. The van der Waals surface area contributed by atoms with Crippen molar-refractivity contribution < 1.29 is 14.7 Å². The van der Waals surface area contributed by atoms with Gasteiger partial charge in [0.05, 0.1) is 11.1 Å². The maximum atomic E-state index is 13.4. The molecule has 1 aliphatic heterocycles. The van der Waals surface area contributed by atoms with E-state index in [1.165, 1.54) is 12.8 Å². The summed E-state index contributed by atoms with van der Waals surface area (Å²) in [7, 11) is 0. The number of aliphatic hydroxyl groups is 1. The topological polar surface area (TPSA) is 95.7 Å². The molecule has 180 valence electrons. The van der Waals surface area contributed by atoms with Crippen LogP contribution in [-0.4, -0.2) is 45.5 Å². The van der Waals surface area contributed by atoms with Crippen molar-refractivity contribution in [1.29, 1.82) is 0 Å². The quantitative estimate of drug-likeness (QED) is 0.584. The minimum atomic E-state index is -0.724. The monoisotopic (exact) mass is 493 g/mol. The highest BCUT2D eigenvalue weighted by atomic mass is 35.5. The van der Waals surface area contributed by atoms with Gasteiger partial charge in [-0.05, 0) is 93.2 Å². The number of nitrogens with zero attached hydrogens (tertiary/aromatic N) is 1. The molecular formula is C25H33Cl2N3O3. The van der Waals surface area contributed by atoms with Crippen molar-refractivity contribution in [1.82, 2.24) is 4.90 Å². The first-order chi connectivity index (χ1) is 15.2. The highest BCUT2D eigenvalue weighted by Gasteiger charge is 2.57. The lowest BCUT2D eigenvalue weighted by molar-refractivity contribution is -0.168. The smallest absolute Gasteiger partial charge is 0.244 e. The van der Waals surface area contributed by atoms with Crippen molar-refractivity contribution in [3.63, 3.8) is 0 Å². The minimum absolute atomic E-state index is 0. The van der Waals surface area contributed by atoms with E-state index in [0.29, 0.717) is 53.8 Å². The molecule has 1 saturated heterocycles. The molecule has 0 aromatic heterocycles. The Morgan fingerprint density at radius 2 is 1.91 bits per heavy atom. The van der Waals surface area contributed by atoms with Gasteiger partial charge < -0.3 is 21.1 Å². The van der Waals surface area contributed by atoms with E-state index in [0.717, 1.165) is 37.8 Å². The largest absolute Gasteiger partial charge is 0.390 e. The Hall–Kier alpha value is -1.34. The number of carbonyl (C=O) groups excluding carboxylic acids is 2. The van der Waals surface area contributed by atoms with Crippen LogP contribution in [0.5, 0.6) is 0 Å². The molecule has 7 rings (SSSR count). The van der Waals surface area contributed by atoms with Crippen LogP contribution in [0.4, 0.5) is 5.69 Å². The van der Waals surface area contributed by atoms with E-state index in [2.05, 4.69) is 10.2 Å². The lowest BCUT2D eigenvalue weighted by Gasteiger charge is -2.59. The number of halogens is 2. The molecular weight excluding hydrogens is 461 g/mol. The summed E-state index contributed by atoms with van der Waals surface area (Å²) >= 11 is 6.53. The Morgan fingerprint density at radius 1 is 1.21 bits per heavy atom. The molecule has 0 radical (unpaired) electrons. The van der Waals surface area contributed by atoms with Gasteiger partial charge in [-0.3, -0.25) is 9.59 Å². The number of likely N-dealkylation sites (tertiary alicyclic amines) is 1. The SMILES string of the molecule is Cl.NC1(C(=O)Nc2ccc(CC3CCN(C4C5CC6CC4CC(O)(C6)C5)C3=O)c(Cl)c2)CC1. The van der Waals surface area contributed by atoms with Gasteiger partial charge in [0, 0.05) is 29.2 Å². The molecule has 1 aromatic rings. The molecule has 4 bridgehead atoms. The summed E-state index contributed by atoms with van der Waals surface area (Å²) < 4.78 is 0. The van der Waals surface area contributed by atoms with Crippen molar-refractivity contribution in [2.75, 3.05) is 11.9 Å². The highest BCUT2D eigenvalue weighted by Crippen LogP contribution is 2.57. The van der Waals surface area contributed by atoms with Crippen molar-refractivity contribution >= 4 is 41.5 Å². The Balaban J connectivity index is 0.00000228. The summed E-state index contributed by atoms with van der Waals surface area (Å²) in [5.41, 5.74) is 6.35. The molecule has 0 spiro atoms. The number of hydrogen-bond donors (Lipinski definition) is 3. The van der Waals surface area contributed by atoms with E-state index in [1.54, 1.807) is 6.07 Å². The summed E-state index contributed by atoms with van der Waals surface area (Å²) in [5.74, 6) is 1.60. The van der Waals surface area contributed by atoms with Crippen LogP contribution in [0.2, 0.25) is 5.02 Å². The molecule has 6 nitrogen and oxygen atoms in total. The summed E-state index contributed by atoms with van der Waals surface area (Å²) in [6.07, 6.45) is 7.93. The van der Waals surface area contributed by atoms with Crippen LogP contribution >= 0.6 is 24.0 Å². The van der Waals surface area contributed by atoms with Crippen LogP contribution in [0.1, 0.15) is 56.9 Å². The van der Waals surface area contributed by atoms with Gasteiger partial charge in [0.2, 0.25) is 11.8 Å². The first-order valence-corrected chi connectivity index (χ1v) is 12.5. The molecule has 6 fully saturated rings. The third-order valence-corrected chi connectivity index (χ3v) is 9.27. The predicted molar refractivity (Wildman–Crippen MR) is 129 cm³/mol. The van der Waals surface area contributed by atoms with Crippen LogP contribution < -0.4 is 11.1 Å². The number of nitrogens with two attached hydrogens (primary N) is 1. The second-order valence-corrected chi connectivity index (χ2v) is 11.7. The van der Waals surface area contributed by atoms with E-state index in [9.17, 15) is 14.7 Å². The fourth-order valence-electron chi connectivity index (χ4n) is 7.39. The zero-order valence-electron chi connectivity index (χ0n) is 18.8. The number of amides is 2. The normalized spacial score (nSPS) is 37.7. The van der Waals surface area contributed by atoms with Gasteiger partial charge in [-0.1, -0.05) is 17.7 Å². The van der Waals surface area contributed by atoms with E-state index >= 15 is 0 Å². The van der Waals surface area contributed by atoms with Gasteiger partial charge in [-0.25, -0.2) is 0 Å². The molecule has 3 atom stereocenters. The highest BCUT2D eigenvalue weighted by molar-refractivity contribution is 6.31. The first kappa shape index (κ1) is 23.4. The Bertz CT molecular complexity index is 966. The number of carbonyl (C=O) groups is 2. The standard InChI is InChI=1S/C25H32ClN3O3.ClH/c26-20-10-19(28-23(31)25(27)4-5-25)2-1-15(20)9-16-3-6-29(22(16)30)21-17-7-14-8-18(21)13-24(32,11-14)12-17;/h1-2,10,14,16-18,21,32H,3-9,11-13,27H2,(H,28,31);1H. The molecule has 6 aliphatic rings. The second-order valence-electron chi connectivity index (χ2n) is 11.3. The molecule has 1 heterocycles. The van der Waals surface area contributed by atoms with Crippen LogP contribution in [0.15, 0.2) is 18.2 Å². The Labute approximate surface area is 206 Å². The van der Waals surface area contributed by atoms with Gasteiger partial charge in [-0.2, -0.15) is 0 Å². The molecule has 33 heavy (non-hydrogen) atoms. The van der Waals surface area contributed by atoms with Crippen LogP contribution in [0, 0.1) is 23.7 Å². The first-order valence-electron chi connectivity index (χ1n) is 12.1. The molecule has 8 heteroatoms. The number of nitrogens with one attached hydrogen (secondary N) is 1. The predicted octanol–water partition coefficient (Wildman–Crippen LogP) is 3.52. The lowest BCUT2D eigenvalue weighted by atomic mass is 9.52. The van der Waals surface area contributed by atoms with Gasteiger partial charge in [0.25, 0.3) is 0 Å². The van der Waals surface area contributed by atoms with Crippen LogP contribution in [0.25, 0.3) is 0 Å². The average Bonchev–Trinajstić information content (AvgIpc) is 3.38. The van der Waals surface area contributed by atoms with Gasteiger partial charge >= 0.3 is 0 Å². The Morgan fingerprint density at radius 3 is 2.52 bits per heavy atom. The fourth-order valence-corrected chi connectivity index (χ4v) is 7.64. The number of rotatable bonds is 5. The molecule has 1 aromatic carbocycles. The number of benzene rings is 1. The van der Waals surface area contributed by atoms with Crippen LogP contribution in [-0.2, 0) is 16.0 Å². The Kier molecular flexibility index (Phi) is 5.75. The lowest BCUT2D eigenvalue weighted by Crippen LogP contribution is -2.62. The van der Waals surface area contributed by atoms with Crippen molar-refractivity contribution in [3.05, 3.63) is 28.8 Å². The third kappa shape index (κ3) is 4.07. The second kappa shape index (κ2) is 8.11. The van der Waals surface area contributed by atoms with Gasteiger partial charge in [-0.15, -0.1) is 12.4 Å². The van der Waals surface area contributed by atoms with Crippen molar-refractivity contribution in [2.45, 2.75) is 75.0 Å². The van der Waals surface area contributed by atoms with Gasteiger partial charge in [0.15, 0.2) is 0 Å². The number of anilines is 1. The molecule has 5 aliphatic carbocycles.